The van der Waals surface area contributed by atoms with Crippen molar-refractivity contribution in [3.05, 3.63) is 0 Å². The van der Waals surface area contributed by atoms with E-state index in [9.17, 15) is 14.4 Å². The molecular weight excluding hydrogens is 250 g/mol. The third-order valence-corrected chi connectivity index (χ3v) is 2.93. The molecule has 5 N–H and O–H groups in total. The monoisotopic (exact) mass is 273 g/mol. The number of primary amides is 1. The van der Waals surface area contributed by atoms with Gasteiger partial charge in [-0.3, -0.25) is 4.79 Å². The first kappa shape index (κ1) is 17.2. The number of nitrogens with one attached hydrogen (secondary N) is 2. The zero-order valence-electron chi connectivity index (χ0n) is 11.8. The standard InChI is InChI=1S/C12H23N3O4/c1-7(12(2,3)4)14-11(19)15-8(10(17)18)5-6-9(13)16/h7-8H,5-6H2,1-4H3,(H2,13,16)(H,17,18)(H2,14,15,19). The van der Waals surface area contributed by atoms with Crippen LogP contribution in [0.4, 0.5) is 4.79 Å². The highest BCUT2D eigenvalue weighted by Crippen LogP contribution is 2.18. The van der Waals surface area contributed by atoms with Crippen molar-refractivity contribution in [2.24, 2.45) is 11.1 Å². The lowest BCUT2D eigenvalue weighted by Crippen LogP contribution is -2.51. The number of aliphatic carboxylic acids is 1. The number of carboxylic acids is 1. The average Bonchev–Trinajstić information content (AvgIpc) is 2.21. The van der Waals surface area contributed by atoms with E-state index in [1.54, 1.807) is 0 Å². The second kappa shape index (κ2) is 6.96. The average molecular weight is 273 g/mol. The summed E-state index contributed by atoms with van der Waals surface area (Å²) >= 11 is 0. The number of carboxylic acid groups (broad SMARTS) is 1. The summed E-state index contributed by atoms with van der Waals surface area (Å²) in [5, 5.41) is 13.9. The van der Waals surface area contributed by atoms with Crippen LogP contribution in [0.5, 0.6) is 0 Å². The second-order valence-corrected chi connectivity index (χ2v) is 5.60. The van der Waals surface area contributed by atoms with Gasteiger partial charge >= 0.3 is 12.0 Å². The molecule has 110 valence electrons. The quantitative estimate of drug-likeness (QED) is 0.561. The van der Waals surface area contributed by atoms with Gasteiger partial charge in [0.05, 0.1) is 0 Å². The van der Waals surface area contributed by atoms with Crippen LogP contribution in [0.15, 0.2) is 0 Å². The van der Waals surface area contributed by atoms with E-state index in [1.807, 2.05) is 27.7 Å². The van der Waals surface area contributed by atoms with E-state index in [-0.39, 0.29) is 24.3 Å². The van der Waals surface area contributed by atoms with Gasteiger partial charge in [0.2, 0.25) is 5.91 Å². The highest BCUT2D eigenvalue weighted by Gasteiger charge is 2.25. The Bertz CT molecular complexity index is 349. The van der Waals surface area contributed by atoms with E-state index in [1.165, 1.54) is 0 Å². The number of carbonyl (C=O) groups excluding carboxylic acids is 2. The van der Waals surface area contributed by atoms with E-state index in [0.717, 1.165) is 0 Å². The van der Waals surface area contributed by atoms with Crippen molar-refractivity contribution in [1.82, 2.24) is 10.6 Å². The largest absolute Gasteiger partial charge is 0.480 e. The fourth-order valence-corrected chi connectivity index (χ4v) is 1.16. The minimum atomic E-state index is -1.19. The molecule has 2 unspecified atom stereocenters. The molecule has 0 bridgehead atoms. The molecular formula is C12H23N3O4. The maximum Gasteiger partial charge on any atom is 0.326 e. The van der Waals surface area contributed by atoms with Gasteiger partial charge in [-0.25, -0.2) is 9.59 Å². The first-order chi connectivity index (χ1) is 8.54. The van der Waals surface area contributed by atoms with Crippen LogP contribution in [0.25, 0.3) is 0 Å². The van der Waals surface area contributed by atoms with Crippen LogP contribution < -0.4 is 16.4 Å². The molecule has 0 saturated carbocycles. The van der Waals surface area contributed by atoms with Gasteiger partial charge in [-0.05, 0) is 18.8 Å². The minimum Gasteiger partial charge on any atom is -0.480 e. The van der Waals surface area contributed by atoms with Gasteiger partial charge in [0, 0.05) is 12.5 Å². The molecule has 0 aromatic rings. The van der Waals surface area contributed by atoms with Crippen LogP contribution in [0.2, 0.25) is 0 Å². The molecule has 0 aliphatic heterocycles. The Morgan fingerprint density at radius 3 is 2.11 bits per heavy atom. The summed E-state index contributed by atoms with van der Waals surface area (Å²) in [4.78, 5) is 33.2. The third-order valence-electron chi connectivity index (χ3n) is 2.93. The van der Waals surface area contributed by atoms with E-state index in [2.05, 4.69) is 10.6 Å². The molecule has 0 radical (unpaired) electrons. The fraction of sp³-hybridized carbons (Fsp3) is 0.750. The van der Waals surface area contributed by atoms with E-state index in [4.69, 9.17) is 10.8 Å². The van der Waals surface area contributed by atoms with Gasteiger partial charge in [0.25, 0.3) is 0 Å². The lowest BCUT2D eigenvalue weighted by atomic mass is 9.88. The molecule has 0 aromatic heterocycles. The normalized spacial score (nSPS) is 14.3. The van der Waals surface area contributed by atoms with Crippen LogP contribution in [-0.4, -0.2) is 35.1 Å². The summed E-state index contributed by atoms with van der Waals surface area (Å²) in [6.07, 6.45) is -0.117. The Morgan fingerprint density at radius 2 is 1.74 bits per heavy atom. The smallest absolute Gasteiger partial charge is 0.326 e. The highest BCUT2D eigenvalue weighted by molar-refractivity contribution is 5.83. The molecule has 7 heteroatoms. The molecule has 3 amide bonds. The highest BCUT2D eigenvalue weighted by atomic mass is 16.4. The topological polar surface area (TPSA) is 122 Å². The summed E-state index contributed by atoms with van der Waals surface area (Å²) in [5.74, 6) is -1.80. The number of urea groups is 1. The Balaban J connectivity index is 4.40. The predicted octanol–water partition coefficient (Wildman–Crippen LogP) is 0.439. The summed E-state index contributed by atoms with van der Waals surface area (Å²) in [5.41, 5.74) is 4.81. The molecule has 19 heavy (non-hydrogen) atoms. The fourth-order valence-electron chi connectivity index (χ4n) is 1.16. The molecule has 0 saturated heterocycles. The van der Waals surface area contributed by atoms with Crippen LogP contribution in [0, 0.1) is 5.41 Å². The molecule has 2 atom stereocenters. The lowest BCUT2D eigenvalue weighted by molar-refractivity contribution is -0.139. The number of nitrogens with two attached hydrogens (primary N) is 1. The number of hydrogen-bond donors (Lipinski definition) is 4. The zero-order valence-corrected chi connectivity index (χ0v) is 11.8. The van der Waals surface area contributed by atoms with Crippen molar-refractivity contribution < 1.29 is 19.5 Å². The van der Waals surface area contributed by atoms with Crippen molar-refractivity contribution >= 4 is 17.9 Å². The minimum absolute atomic E-state index is 0.0258. The van der Waals surface area contributed by atoms with Crippen molar-refractivity contribution in [2.75, 3.05) is 0 Å². The van der Waals surface area contributed by atoms with Crippen LogP contribution in [0.1, 0.15) is 40.5 Å². The maximum absolute atomic E-state index is 11.7. The van der Waals surface area contributed by atoms with Gasteiger partial charge in [-0.15, -0.1) is 0 Å². The van der Waals surface area contributed by atoms with Gasteiger partial charge in [-0.1, -0.05) is 20.8 Å². The Kier molecular flexibility index (Phi) is 6.31. The molecule has 0 spiro atoms. The zero-order chi connectivity index (χ0) is 15.2. The summed E-state index contributed by atoms with van der Waals surface area (Å²) in [7, 11) is 0. The van der Waals surface area contributed by atoms with Gasteiger partial charge < -0.3 is 21.5 Å². The molecule has 7 nitrogen and oxygen atoms in total. The SMILES string of the molecule is CC(NC(=O)NC(CCC(N)=O)C(=O)O)C(C)(C)C. The molecule has 0 aromatic carbocycles. The molecule has 0 aliphatic rings. The second-order valence-electron chi connectivity index (χ2n) is 5.60. The molecule has 0 heterocycles. The van der Waals surface area contributed by atoms with E-state index >= 15 is 0 Å². The van der Waals surface area contributed by atoms with Gasteiger partial charge in [-0.2, -0.15) is 0 Å². The van der Waals surface area contributed by atoms with Crippen molar-refractivity contribution in [3.8, 4) is 0 Å². The Hall–Kier alpha value is -1.79. The maximum atomic E-state index is 11.7. The Morgan fingerprint density at radius 1 is 1.21 bits per heavy atom. The number of rotatable bonds is 6. The lowest BCUT2D eigenvalue weighted by Gasteiger charge is -2.28. The number of amides is 3. The summed E-state index contributed by atoms with van der Waals surface area (Å²) in [6.45, 7) is 7.71. The van der Waals surface area contributed by atoms with Crippen LogP contribution in [-0.2, 0) is 9.59 Å². The van der Waals surface area contributed by atoms with Crippen molar-refractivity contribution in [3.63, 3.8) is 0 Å². The molecule has 0 aliphatic carbocycles. The van der Waals surface area contributed by atoms with Gasteiger partial charge in [0.1, 0.15) is 6.04 Å². The Labute approximate surface area is 112 Å². The third kappa shape index (κ3) is 7.28. The molecule has 0 fully saturated rings. The first-order valence-electron chi connectivity index (χ1n) is 6.12. The van der Waals surface area contributed by atoms with Crippen LogP contribution >= 0.6 is 0 Å². The predicted molar refractivity (Wildman–Crippen MR) is 70.4 cm³/mol. The van der Waals surface area contributed by atoms with E-state index < -0.39 is 23.9 Å². The van der Waals surface area contributed by atoms with Gasteiger partial charge in [0.15, 0.2) is 0 Å². The van der Waals surface area contributed by atoms with Crippen molar-refractivity contribution in [2.45, 2.75) is 52.6 Å². The van der Waals surface area contributed by atoms with Crippen LogP contribution in [0.3, 0.4) is 0 Å². The van der Waals surface area contributed by atoms with Crippen molar-refractivity contribution in [1.29, 1.82) is 0 Å². The number of hydrogen-bond acceptors (Lipinski definition) is 3. The summed E-state index contributed by atoms with van der Waals surface area (Å²) in [6, 6.07) is -1.82. The first-order valence-corrected chi connectivity index (χ1v) is 6.12. The number of carbonyl (C=O) groups is 3. The summed E-state index contributed by atoms with van der Waals surface area (Å²) < 4.78 is 0. The van der Waals surface area contributed by atoms with E-state index in [0.29, 0.717) is 0 Å². The molecule has 0 rings (SSSR count).